The second kappa shape index (κ2) is 7.03. The first-order valence-electron chi connectivity index (χ1n) is 5.78. The molecule has 1 rings (SSSR count). The number of hydrogen-bond donors (Lipinski definition) is 1. The number of amides is 1. The zero-order valence-corrected chi connectivity index (χ0v) is 11.1. The number of carbonyl (C=O) groups excluding carboxylic acids is 2. The maximum absolute atomic E-state index is 11.5. The fourth-order valence-corrected chi connectivity index (χ4v) is 1.41. The van der Waals surface area contributed by atoms with Crippen molar-refractivity contribution < 1.29 is 19.2 Å². The van der Waals surface area contributed by atoms with E-state index in [1.807, 2.05) is 0 Å². The highest BCUT2D eigenvalue weighted by molar-refractivity contribution is 5.94. The van der Waals surface area contributed by atoms with Gasteiger partial charge in [-0.3, -0.25) is 14.9 Å². The van der Waals surface area contributed by atoms with Crippen LogP contribution in [-0.2, 0) is 14.3 Å². The molecule has 0 radical (unpaired) electrons. The molecule has 0 aliphatic carbocycles. The van der Waals surface area contributed by atoms with Crippen molar-refractivity contribution in [2.45, 2.75) is 13.8 Å². The topological polar surface area (TPSA) is 98.5 Å². The quantitative estimate of drug-likeness (QED) is 0.384. The van der Waals surface area contributed by atoms with Gasteiger partial charge >= 0.3 is 5.97 Å². The van der Waals surface area contributed by atoms with Crippen molar-refractivity contribution in [3.8, 4) is 0 Å². The van der Waals surface area contributed by atoms with Gasteiger partial charge in [-0.15, -0.1) is 0 Å². The number of rotatable bonds is 5. The average Bonchev–Trinajstić information content (AvgIpc) is 2.39. The van der Waals surface area contributed by atoms with Crippen LogP contribution in [0.15, 0.2) is 30.4 Å². The number of carbonyl (C=O) groups is 2. The van der Waals surface area contributed by atoms with E-state index in [0.717, 1.165) is 0 Å². The Hall–Kier alpha value is -2.70. The van der Waals surface area contributed by atoms with Crippen molar-refractivity contribution in [3.05, 3.63) is 46.0 Å². The van der Waals surface area contributed by atoms with Crippen LogP contribution in [-0.4, -0.2) is 23.4 Å². The Labute approximate surface area is 115 Å². The third-order valence-electron chi connectivity index (χ3n) is 2.34. The minimum absolute atomic E-state index is 0.0555. The highest BCUT2D eigenvalue weighted by atomic mass is 16.6. The van der Waals surface area contributed by atoms with E-state index in [2.05, 4.69) is 10.1 Å². The molecule has 0 aliphatic heterocycles. The number of ether oxygens (including phenoxy) is 1. The van der Waals surface area contributed by atoms with Gasteiger partial charge in [0.05, 0.1) is 4.92 Å². The molecule has 0 saturated carbocycles. The summed E-state index contributed by atoms with van der Waals surface area (Å²) in [4.78, 5) is 32.6. The van der Waals surface area contributed by atoms with Crippen LogP contribution < -0.4 is 5.32 Å². The summed E-state index contributed by atoms with van der Waals surface area (Å²) in [5.41, 5.74) is 0.926. The summed E-state index contributed by atoms with van der Waals surface area (Å²) < 4.78 is 4.67. The number of aryl methyl sites for hydroxylation is 1. The first-order valence-corrected chi connectivity index (χ1v) is 5.78. The number of nitro groups is 1. The SMILES string of the molecule is C/C=C/C(=O)OCC(=O)Nc1ccc([N+](=O)[O-])cc1C. The monoisotopic (exact) mass is 278 g/mol. The first-order chi connectivity index (χ1) is 9.43. The summed E-state index contributed by atoms with van der Waals surface area (Å²) in [6.45, 7) is 2.87. The molecule has 0 atom stereocenters. The van der Waals surface area contributed by atoms with E-state index in [1.54, 1.807) is 13.8 Å². The van der Waals surface area contributed by atoms with Crippen LogP contribution in [0.3, 0.4) is 0 Å². The predicted molar refractivity (Wildman–Crippen MR) is 72.2 cm³/mol. The number of allylic oxidation sites excluding steroid dienone is 1. The number of hydrogen-bond acceptors (Lipinski definition) is 5. The van der Waals surface area contributed by atoms with E-state index in [4.69, 9.17) is 0 Å². The smallest absolute Gasteiger partial charge is 0.330 e. The van der Waals surface area contributed by atoms with E-state index in [-0.39, 0.29) is 5.69 Å². The average molecular weight is 278 g/mol. The van der Waals surface area contributed by atoms with Gasteiger partial charge in [0.25, 0.3) is 11.6 Å². The molecule has 0 heterocycles. The lowest BCUT2D eigenvalue weighted by Crippen LogP contribution is -2.20. The molecule has 106 valence electrons. The van der Waals surface area contributed by atoms with Gasteiger partial charge in [-0.2, -0.15) is 0 Å². The maximum atomic E-state index is 11.5. The van der Waals surface area contributed by atoms with Crippen molar-refractivity contribution in [1.82, 2.24) is 0 Å². The van der Waals surface area contributed by atoms with E-state index in [0.29, 0.717) is 11.3 Å². The van der Waals surface area contributed by atoms with Crippen molar-refractivity contribution in [2.75, 3.05) is 11.9 Å². The molecule has 1 amide bonds. The van der Waals surface area contributed by atoms with E-state index in [9.17, 15) is 19.7 Å². The largest absolute Gasteiger partial charge is 0.452 e. The fourth-order valence-electron chi connectivity index (χ4n) is 1.41. The lowest BCUT2D eigenvalue weighted by atomic mass is 10.2. The Morgan fingerprint density at radius 1 is 1.45 bits per heavy atom. The lowest BCUT2D eigenvalue weighted by Gasteiger charge is -2.08. The number of nitrogens with zero attached hydrogens (tertiary/aromatic N) is 1. The zero-order valence-electron chi connectivity index (χ0n) is 11.1. The Balaban J connectivity index is 2.62. The predicted octanol–water partition coefficient (Wildman–Crippen LogP) is 1.96. The van der Waals surface area contributed by atoms with Crippen LogP contribution in [0.25, 0.3) is 0 Å². The summed E-state index contributed by atoms with van der Waals surface area (Å²) >= 11 is 0. The van der Waals surface area contributed by atoms with Gasteiger partial charge in [0.1, 0.15) is 0 Å². The molecule has 20 heavy (non-hydrogen) atoms. The van der Waals surface area contributed by atoms with Crippen molar-refractivity contribution >= 4 is 23.3 Å². The Morgan fingerprint density at radius 3 is 2.70 bits per heavy atom. The van der Waals surface area contributed by atoms with Crippen LogP contribution in [0.1, 0.15) is 12.5 Å². The van der Waals surface area contributed by atoms with Gasteiger partial charge in [-0.05, 0) is 25.5 Å². The normalized spacial score (nSPS) is 10.3. The van der Waals surface area contributed by atoms with Gasteiger partial charge in [-0.1, -0.05) is 6.08 Å². The third kappa shape index (κ3) is 4.52. The molecule has 1 aromatic rings. The molecule has 7 nitrogen and oxygen atoms in total. The highest BCUT2D eigenvalue weighted by Gasteiger charge is 2.11. The summed E-state index contributed by atoms with van der Waals surface area (Å²) in [6, 6.07) is 4.06. The van der Waals surface area contributed by atoms with E-state index >= 15 is 0 Å². The van der Waals surface area contributed by atoms with Gasteiger partial charge < -0.3 is 10.1 Å². The van der Waals surface area contributed by atoms with E-state index in [1.165, 1.54) is 30.4 Å². The molecule has 0 aliphatic rings. The van der Waals surface area contributed by atoms with Crippen molar-refractivity contribution in [3.63, 3.8) is 0 Å². The Bertz CT molecular complexity index is 566. The molecule has 0 bridgehead atoms. The molecule has 0 fully saturated rings. The van der Waals surface area contributed by atoms with Crippen LogP contribution in [0.5, 0.6) is 0 Å². The first kappa shape index (κ1) is 15.4. The molecule has 0 spiro atoms. The maximum Gasteiger partial charge on any atom is 0.330 e. The van der Waals surface area contributed by atoms with Crippen molar-refractivity contribution in [1.29, 1.82) is 0 Å². The molecular weight excluding hydrogens is 264 g/mol. The summed E-state index contributed by atoms with van der Waals surface area (Å²) in [5.74, 6) is -1.12. The third-order valence-corrected chi connectivity index (χ3v) is 2.34. The number of anilines is 1. The number of benzene rings is 1. The molecular formula is C13H14N2O5. The highest BCUT2D eigenvalue weighted by Crippen LogP contribution is 2.20. The zero-order chi connectivity index (χ0) is 15.1. The van der Waals surface area contributed by atoms with Gasteiger partial charge in [0.2, 0.25) is 0 Å². The molecule has 0 unspecified atom stereocenters. The second-order valence-electron chi connectivity index (χ2n) is 3.91. The number of non-ortho nitro benzene ring substituents is 1. The van der Waals surface area contributed by atoms with Crippen molar-refractivity contribution in [2.24, 2.45) is 0 Å². The molecule has 0 saturated heterocycles. The minimum Gasteiger partial charge on any atom is -0.452 e. The van der Waals surface area contributed by atoms with Gasteiger partial charge in [0.15, 0.2) is 6.61 Å². The Morgan fingerprint density at radius 2 is 2.15 bits per heavy atom. The van der Waals surface area contributed by atoms with Gasteiger partial charge in [-0.25, -0.2) is 4.79 Å². The molecule has 1 N–H and O–H groups in total. The molecule has 7 heteroatoms. The van der Waals surface area contributed by atoms with Crippen LogP contribution >= 0.6 is 0 Å². The summed E-state index contributed by atoms with van der Waals surface area (Å²) in [6.07, 6.45) is 2.70. The summed E-state index contributed by atoms with van der Waals surface area (Å²) in [7, 11) is 0. The van der Waals surface area contributed by atoms with E-state index < -0.39 is 23.4 Å². The lowest BCUT2D eigenvalue weighted by molar-refractivity contribution is -0.384. The van der Waals surface area contributed by atoms with Gasteiger partial charge in [0, 0.05) is 23.9 Å². The van der Waals surface area contributed by atoms with Crippen LogP contribution in [0.4, 0.5) is 11.4 Å². The second-order valence-corrected chi connectivity index (χ2v) is 3.91. The number of nitro benzene ring substituents is 1. The number of nitrogens with one attached hydrogen (secondary N) is 1. The standard InChI is InChI=1S/C13H14N2O5/c1-3-4-13(17)20-8-12(16)14-11-6-5-10(15(18)19)7-9(11)2/h3-7H,8H2,1-2H3,(H,14,16)/b4-3+. The van der Waals surface area contributed by atoms with Crippen LogP contribution in [0.2, 0.25) is 0 Å². The fraction of sp³-hybridized carbons (Fsp3) is 0.231. The minimum atomic E-state index is -0.608. The molecule has 1 aromatic carbocycles. The Kier molecular flexibility index (Phi) is 5.40. The van der Waals surface area contributed by atoms with Crippen LogP contribution in [0, 0.1) is 17.0 Å². The number of esters is 1. The summed E-state index contributed by atoms with van der Waals surface area (Å²) in [5, 5.41) is 13.1. The molecule has 0 aromatic heterocycles.